The molecule has 1 saturated carbocycles. The Hall–Kier alpha value is -4.53. The number of carbonyl (C=O) groups excluding carboxylic acids is 3. The monoisotopic (exact) mass is 545 g/mol. The molecule has 0 aromatic heterocycles. The van der Waals surface area contributed by atoms with E-state index >= 15 is 8.78 Å². The number of carbonyl (C=O) groups is 3. The highest BCUT2D eigenvalue weighted by Crippen LogP contribution is 2.43. The molecule has 0 radical (unpaired) electrons. The van der Waals surface area contributed by atoms with Crippen LogP contribution in [0, 0.1) is 0 Å². The number of nitrogens with zero attached hydrogens (tertiary/aromatic N) is 1. The van der Waals surface area contributed by atoms with E-state index in [9.17, 15) is 14.4 Å². The summed E-state index contributed by atoms with van der Waals surface area (Å²) in [5.41, 5.74) is 1.15. The van der Waals surface area contributed by atoms with Crippen LogP contribution in [0.3, 0.4) is 0 Å². The van der Waals surface area contributed by atoms with Crippen molar-refractivity contribution in [3.63, 3.8) is 0 Å². The van der Waals surface area contributed by atoms with Gasteiger partial charge in [-0.05, 0) is 62.2 Å². The van der Waals surface area contributed by atoms with E-state index in [0.29, 0.717) is 29.3 Å². The van der Waals surface area contributed by atoms with Gasteiger partial charge in [-0.3, -0.25) is 14.4 Å². The maximum absolute atomic E-state index is 15.3. The van der Waals surface area contributed by atoms with Gasteiger partial charge >= 0.3 is 0 Å². The summed E-state index contributed by atoms with van der Waals surface area (Å²) in [5.74, 6) is -4.24. The van der Waals surface area contributed by atoms with Crippen LogP contribution in [0.25, 0.3) is 5.57 Å². The Morgan fingerprint density at radius 1 is 1.00 bits per heavy atom. The number of para-hydroxylation sites is 2. The molecule has 2 aliphatic rings. The maximum atomic E-state index is 15.3. The van der Waals surface area contributed by atoms with Crippen LogP contribution in [-0.2, 0) is 4.79 Å². The highest BCUT2D eigenvalue weighted by molar-refractivity contribution is 6.10. The minimum atomic E-state index is -3.31. The van der Waals surface area contributed by atoms with E-state index in [4.69, 9.17) is 4.74 Å². The quantitative estimate of drug-likeness (QED) is 0.374. The van der Waals surface area contributed by atoms with Gasteiger partial charge in [0.1, 0.15) is 5.75 Å². The van der Waals surface area contributed by atoms with E-state index in [1.54, 1.807) is 54.6 Å². The summed E-state index contributed by atoms with van der Waals surface area (Å²) < 4.78 is 36.2. The molecule has 0 saturated heterocycles. The van der Waals surface area contributed by atoms with Gasteiger partial charge in [0, 0.05) is 47.5 Å². The number of hydrogen-bond donors (Lipinski definition) is 2. The minimum absolute atomic E-state index is 0.0317. The summed E-state index contributed by atoms with van der Waals surface area (Å²) >= 11 is 0. The third kappa shape index (κ3) is 5.88. The fourth-order valence-electron chi connectivity index (χ4n) is 4.62. The van der Waals surface area contributed by atoms with Crippen LogP contribution in [-0.4, -0.2) is 42.8 Å². The first-order valence-electron chi connectivity index (χ1n) is 13.2. The SMILES string of the molecule is CCOc1ccccc1C(=O)Nc1ccc(C(=O)N2CCC(F)(F)/C(=C\C(=O)NC3CC3)c3ccccc32)cc1. The number of alkyl halides is 2. The maximum Gasteiger partial charge on any atom is 0.275 e. The van der Waals surface area contributed by atoms with E-state index in [-0.39, 0.29) is 29.6 Å². The Bertz CT molecular complexity index is 1470. The van der Waals surface area contributed by atoms with Crippen molar-refractivity contribution in [2.75, 3.05) is 23.4 Å². The van der Waals surface area contributed by atoms with Gasteiger partial charge in [-0.15, -0.1) is 0 Å². The number of allylic oxidation sites excluding steroid dienone is 1. The van der Waals surface area contributed by atoms with Crippen LogP contribution in [0.15, 0.2) is 78.9 Å². The summed E-state index contributed by atoms with van der Waals surface area (Å²) in [6.45, 7) is 2.01. The van der Waals surface area contributed by atoms with Crippen molar-refractivity contribution < 1.29 is 27.9 Å². The van der Waals surface area contributed by atoms with Crippen molar-refractivity contribution in [2.24, 2.45) is 0 Å². The van der Waals surface area contributed by atoms with Gasteiger partial charge < -0.3 is 20.3 Å². The van der Waals surface area contributed by atoms with Gasteiger partial charge in [-0.2, -0.15) is 0 Å². The summed E-state index contributed by atoms with van der Waals surface area (Å²) in [4.78, 5) is 40.1. The number of rotatable bonds is 7. The number of fused-ring (bicyclic) bond motifs is 1. The normalized spacial score (nSPS) is 17.0. The second-order valence-corrected chi connectivity index (χ2v) is 9.73. The lowest BCUT2D eigenvalue weighted by Gasteiger charge is -2.23. The van der Waals surface area contributed by atoms with E-state index in [1.165, 1.54) is 23.1 Å². The first-order chi connectivity index (χ1) is 19.3. The Balaban J connectivity index is 1.37. The molecule has 9 heteroatoms. The van der Waals surface area contributed by atoms with Crippen molar-refractivity contribution in [2.45, 2.75) is 38.2 Å². The predicted molar refractivity (Wildman–Crippen MR) is 149 cm³/mol. The van der Waals surface area contributed by atoms with Crippen LogP contribution >= 0.6 is 0 Å². The van der Waals surface area contributed by atoms with Crippen molar-refractivity contribution >= 4 is 34.7 Å². The number of anilines is 2. The molecule has 40 heavy (non-hydrogen) atoms. The average molecular weight is 546 g/mol. The smallest absolute Gasteiger partial charge is 0.275 e. The molecular weight excluding hydrogens is 516 g/mol. The molecule has 1 fully saturated rings. The van der Waals surface area contributed by atoms with Crippen LogP contribution < -0.4 is 20.3 Å². The number of hydrogen-bond acceptors (Lipinski definition) is 4. The molecule has 1 heterocycles. The molecule has 0 atom stereocenters. The Morgan fingerprint density at radius 2 is 1.70 bits per heavy atom. The molecule has 0 bridgehead atoms. The van der Waals surface area contributed by atoms with Crippen LogP contribution in [0.1, 0.15) is 52.5 Å². The van der Waals surface area contributed by atoms with Crippen molar-refractivity contribution in [1.29, 1.82) is 0 Å². The highest BCUT2D eigenvalue weighted by Gasteiger charge is 2.41. The molecule has 2 N–H and O–H groups in total. The summed E-state index contributed by atoms with van der Waals surface area (Å²) in [6, 6.07) is 19.5. The standard InChI is InChI=1S/C31H29F2N3O4/c1-2-40-27-10-6-4-8-24(27)29(38)35-22-13-11-20(12-14-22)30(39)36-18-17-31(32,33)25(19-28(37)34-21-15-16-21)23-7-3-5-9-26(23)36/h3-14,19,21H,2,15-18H2,1H3,(H,34,37)(H,35,38)/b25-19-. The zero-order valence-electron chi connectivity index (χ0n) is 22.0. The number of halogens is 2. The zero-order valence-corrected chi connectivity index (χ0v) is 22.0. The molecule has 7 nitrogen and oxygen atoms in total. The average Bonchev–Trinajstić information content (AvgIpc) is 3.77. The van der Waals surface area contributed by atoms with Gasteiger partial charge in [-0.25, -0.2) is 8.78 Å². The van der Waals surface area contributed by atoms with E-state index in [2.05, 4.69) is 10.6 Å². The first kappa shape index (κ1) is 27.1. The van der Waals surface area contributed by atoms with Crippen molar-refractivity contribution in [3.05, 3.63) is 95.6 Å². The molecule has 0 spiro atoms. The molecule has 3 aromatic rings. The molecule has 1 aliphatic heterocycles. The number of nitrogens with one attached hydrogen (secondary N) is 2. The van der Waals surface area contributed by atoms with Crippen molar-refractivity contribution in [3.8, 4) is 5.75 Å². The minimum Gasteiger partial charge on any atom is -0.493 e. The van der Waals surface area contributed by atoms with Crippen molar-refractivity contribution in [1.82, 2.24) is 5.32 Å². The van der Waals surface area contributed by atoms with Crippen LogP contribution in [0.4, 0.5) is 20.2 Å². The number of amides is 3. The first-order valence-corrected chi connectivity index (χ1v) is 13.2. The van der Waals surface area contributed by atoms with Gasteiger partial charge in [0.25, 0.3) is 17.7 Å². The Morgan fingerprint density at radius 3 is 2.42 bits per heavy atom. The molecular formula is C31H29F2N3O4. The highest BCUT2D eigenvalue weighted by atomic mass is 19.3. The summed E-state index contributed by atoms with van der Waals surface area (Å²) in [6.07, 6.45) is 2.01. The second kappa shape index (κ2) is 11.3. The lowest BCUT2D eigenvalue weighted by Crippen LogP contribution is -2.33. The van der Waals surface area contributed by atoms with E-state index in [1.807, 2.05) is 6.92 Å². The third-order valence-corrected chi connectivity index (χ3v) is 6.79. The fourth-order valence-corrected chi connectivity index (χ4v) is 4.62. The third-order valence-electron chi connectivity index (χ3n) is 6.79. The lowest BCUT2D eigenvalue weighted by atomic mass is 9.97. The Kier molecular flexibility index (Phi) is 7.64. The summed E-state index contributed by atoms with van der Waals surface area (Å²) in [5, 5.41) is 5.51. The van der Waals surface area contributed by atoms with E-state index in [0.717, 1.165) is 18.9 Å². The predicted octanol–water partition coefficient (Wildman–Crippen LogP) is 5.69. The van der Waals surface area contributed by atoms with Gasteiger partial charge in [0.2, 0.25) is 5.91 Å². The molecule has 0 unspecified atom stereocenters. The van der Waals surface area contributed by atoms with Gasteiger partial charge in [0.15, 0.2) is 0 Å². The second-order valence-electron chi connectivity index (χ2n) is 9.73. The van der Waals surface area contributed by atoms with Gasteiger partial charge in [-0.1, -0.05) is 30.3 Å². The largest absolute Gasteiger partial charge is 0.493 e. The molecule has 1 aliphatic carbocycles. The molecule has 206 valence electrons. The Labute approximate surface area is 230 Å². The summed E-state index contributed by atoms with van der Waals surface area (Å²) in [7, 11) is 0. The molecule has 5 rings (SSSR count). The van der Waals surface area contributed by atoms with Crippen LogP contribution in [0.5, 0.6) is 5.75 Å². The van der Waals surface area contributed by atoms with E-state index < -0.39 is 29.7 Å². The lowest BCUT2D eigenvalue weighted by molar-refractivity contribution is -0.116. The molecule has 3 aromatic carbocycles. The number of benzene rings is 3. The zero-order chi connectivity index (χ0) is 28.3. The van der Waals surface area contributed by atoms with Crippen LogP contribution in [0.2, 0.25) is 0 Å². The molecule has 3 amide bonds. The van der Waals surface area contributed by atoms with Gasteiger partial charge in [0.05, 0.1) is 17.9 Å². The topological polar surface area (TPSA) is 87.7 Å². The fraction of sp³-hybridized carbons (Fsp3) is 0.258. The number of ether oxygens (including phenoxy) is 1.